The summed E-state index contributed by atoms with van der Waals surface area (Å²) in [6, 6.07) is 7.97. The number of aromatic nitrogens is 1. The number of aliphatic imine (C=N–C) groups is 1. The number of nitrogens with zero attached hydrogens (tertiary/aromatic N) is 4. The molecule has 2 aromatic rings. The van der Waals surface area contributed by atoms with Gasteiger partial charge in [-0.3, -0.25) is 0 Å². The van der Waals surface area contributed by atoms with Crippen molar-refractivity contribution in [1.29, 1.82) is 0 Å². The molecule has 3 rings (SSSR count). The molecule has 7 heteroatoms. The van der Waals surface area contributed by atoms with E-state index in [1.165, 1.54) is 0 Å². The summed E-state index contributed by atoms with van der Waals surface area (Å²) >= 11 is 1.67. The first kappa shape index (κ1) is 16.6. The number of ether oxygens (including phenoxy) is 1. The minimum Gasteiger partial charge on any atom is -0.494 e. The van der Waals surface area contributed by atoms with Gasteiger partial charge in [0.25, 0.3) is 0 Å². The van der Waals surface area contributed by atoms with E-state index in [2.05, 4.69) is 19.8 Å². The lowest BCUT2D eigenvalue weighted by Gasteiger charge is -2.35. The number of guanidine groups is 1. The summed E-state index contributed by atoms with van der Waals surface area (Å²) in [5, 5.41) is 3.09. The molecule has 0 radical (unpaired) electrons. The minimum atomic E-state index is 0.536. The molecule has 128 valence electrons. The number of anilines is 1. The van der Waals surface area contributed by atoms with Crippen LogP contribution in [0.25, 0.3) is 0 Å². The molecule has 0 amide bonds. The van der Waals surface area contributed by atoms with Crippen LogP contribution >= 0.6 is 11.3 Å². The number of hydrogen-bond acceptors (Lipinski definition) is 5. The summed E-state index contributed by atoms with van der Waals surface area (Å²) in [6.07, 6.45) is 1.85. The smallest absolute Gasteiger partial charge is 0.191 e. The number of benzene rings is 1. The molecule has 0 saturated carbocycles. The minimum absolute atomic E-state index is 0.536. The number of rotatable bonds is 5. The molecule has 1 aliphatic rings. The fourth-order valence-corrected chi connectivity index (χ4v) is 3.39. The Hall–Kier alpha value is -2.28. The van der Waals surface area contributed by atoms with Crippen LogP contribution in [0.1, 0.15) is 12.5 Å². The Bertz CT molecular complexity index is 665. The van der Waals surface area contributed by atoms with Crippen LogP contribution in [-0.4, -0.2) is 48.6 Å². The zero-order chi connectivity index (χ0) is 16.8. The Morgan fingerprint density at radius 1 is 1.29 bits per heavy atom. The third kappa shape index (κ3) is 3.97. The topological polar surface area (TPSA) is 67.0 Å². The summed E-state index contributed by atoms with van der Waals surface area (Å²) in [4.78, 5) is 13.3. The second-order valence-electron chi connectivity index (χ2n) is 5.50. The fourth-order valence-electron chi connectivity index (χ4n) is 2.70. The summed E-state index contributed by atoms with van der Waals surface area (Å²) in [6.45, 7) is 6.72. The molecule has 1 fully saturated rings. The van der Waals surface area contributed by atoms with Crippen LogP contribution in [-0.2, 0) is 6.54 Å². The van der Waals surface area contributed by atoms with E-state index < -0.39 is 0 Å². The lowest BCUT2D eigenvalue weighted by Crippen LogP contribution is -2.51. The number of hydrogen-bond donors (Lipinski definition) is 1. The van der Waals surface area contributed by atoms with Gasteiger partial charge in [0.05, 0.1) is 13.2 Å². The number of nitrogens with two attached hydrogens (primary N) is 1. The first-order chi connectivity index (χ1) is 11.8. The monoisotopic (exact) mass is 345 g/mol. The quantitative estimate of drug-likeness (QED) is 0.664. The number of thiazole rings is 1. The van der Waals surface area contributed by atoms with E-state index in [0.29, 0.717) is 19.1 Å². The lowest BCUT2D eigenvalue weighted by atomic mass is 10.2. The molecule has 0 spiro atoms. The Morgan fingerprint density at radius 3 is 2.79 bits per heavy atom. The van der Waals surface area contributed by atoms with Crippen LogP contribution in [0.3, 0.4) is 0 Å². The van der Waals surface area contributed by atoms with Crippen molar-refractivity contribution in [2.45, 2.75) is 13.5 Å². The van der Waals surface area contributed by atoms with Gasteiger partial charge in [-0.15, -0.1) is 11.3 Å². The van der Waals surface area contributed by atoms with Crippen LogP contribution in [0.4, 0.5) is 5.13 Å². The van der Waals surface area contributed by atoms with Gasteiger partial charge in [-0.1, -0.05) is 18.2 Å². The van der Waals surface area contributed by atoms with E-state index in [1.807, 2.05) is 42.8 Å². The van der Waals surface area contributed by atoms with E-state index in [1.54, 1.807) is 11.3 Å². The van der Waals surface area contributed by atoms with Gasteiger partial charge in [-0.25, -0.2) is 9.98 Å². The van der Waals surface area contributed by atoms with Crippen molar-refractivity contribution in [2.24, 2.45) is 10.7 Å². The normalized spacial score (nSPS) is 15.6. The Morgan fingerprint density at radius 2 is 2.08 bits per heavy atom. The zero-order valence-electron chi connectivity index (χ0n) is 13.9. The molecule has 6 nitrogen and oxygen atoms in total. The second-order valence-corrected chi connectivity index (χ2v) is 6.38. The van der Waals surface area contributed by atoms with Crippen LogP contribution in [0.15, 0.2) is 40.8 Å². The van der Waals surface area contributed by atoms with Gasteiger partial charge in [0.1, 0.15) is 5.75 Å². The highest BCUT2D eigenvalue weighted by Gasteiger charge is 2.19. The van der Waals surface area contributed by atoms with Crippen LogP contribution < -0.4 is 15.4 Å². The summed E-state index contributed by atoms with van der Waals surface area (Å²) < 4.78 is 5.63. The van der Waals surface area contributed by atoms with Gasteiger partial charge in [0.15, 0.2) is 11.1 Å². The van der Waals surface area contributed by atoms with E-state index in [0.717, 1.165) is 42.6 Å². The fraction of sp³-hybridized carbons (Fsp3) is 0.412. The molecule has 1 aromatic heterocycles. The molecule has 24 heavy (non-hydrogen) atoms. The Kier molecular flexibility index (Phi) is 5.53. The average Bonchev–Trinajstić information content (AvgIpc) is 3.16. The van der Waals surface area contributed by atoms with Crippen LogP contribution in [0, 0.1) is 0 Å². The van der Waals surface area contributed by atoms with Crippen molar-refractivity contribution in [2.75, 3.05) is 37.7 Å². The first-order valence-corrected chi connectivity index (χ1v) is 9.06. The largest absolute Gasteiger partial charge is 0.494 e. The molecule has 1 aromatic carbocycles. The Labute approximate surface area is 146 Å². The van der Waals surface area contributed by atoms with E-state index in [-0.39, 0.29) is 0 Å². The zero-order valence-corrected chi connectivity index (χ0v) is 14.7. The van der Waals surface area contributed by atoms with Crippen molar-refractivity contribution in [3.05, 3.63) is 41.4 Å². The van der Waals surface area contributed by atoms with Gasteiger partial charge < -0.3 is 20.3 Å². The van der Waals surface area contributed by atoms with Gasteiger partial charge in [0, 0.05) is 43.3 Å². The molecule has 2 N–H and O–H groups in total. The molecular formula is C17H23N5OS. The maximum absolute atomic E-state index is 6.19. The molecule has 1 aliphatic heterocycles. The second kappa shape index (κ2) is 8.01. The van der Waals surface area contributed by atoms with E-state index in [9.17, 15) is 0 Å². The first-order valence-electron chi connectivity index (χ1n) is 8.18. The van der Waals surface area contributed by atoms with Gasteiger partial charge in [0.2, 0.25) is 0 Å². The Balaban J connectivity index is 1.57. The molecule has 0 unspecified atom stereocenters. The van der Waals surface area contributed by atoms with Crippen molar-refractivity contribution in [3.63, 3.8) is 0 Å². The number of piperazine rings is 1. The van der Waals surface area contributed by atoms with Gasteiger partial charge in [-0.05, 0) is 13.0 Å². The van der Waals surface area contributed by atoms with E-state index >= 15 is 0 Å². The highest BCUT2D eigenvalue weighted by molar-refractivity contribution is 7.13. The highest BCUT2D eigenvalue weighted by atomic mass is 32.1. The van der Waals surface area contributed by atoms with Crippen molar-refractivity contribution in [1.82, 2.24) is 9.88 Å². The third-order valence-corrected chi connectivity index (χ3v) is 4.81. The summed E-state index contributed by atoms with van der Waals surface area (Å²) in [7, 11) is 0. The lowest BCUT2D eigenvalue weighted by molar-refractivity contribution is 0.336. The van der Waals surface area contributed by atoms with Crippen molar-refractivity contribution < 1.29 is 4.74 Å². The molecular weight excluding hydrogens is 322 g/mol. The summed E-state index contributed by atoms with van der Waals surface area (Å²) in [5.41, 5.74) is 7.25. The maximum atomic E-state index is 6.19. The van der Waals surface area contributed by atoms with Crippen molar-refractivity contribution in [3.8, 4) is 5.75 Å². The predicted octanol–water partition coefficient (Wildman–Crippen LogP) is 2.18. The standard InChI is InChI=1S/C17H23N5OS/c1-2-23-15-6-4-3-5-14(15)13-20-16(18)21-8-10-22(11-9-21)17-19-7-12-24-17/h3-7,12H,2,8-11,13H2,1H3,(H2,18,20). The summed E-state index contributed by atoms with van der Waals surface area (Å²) in [5.74, 6) is 1.48. The number of para-hydroxylation sites is 1. The van der Waals surface area contributed by atoms with E-state index in [4.69, 9.17) is 10.5 Å². The third-order valence-electron chi connectivity index (χ3n) is 3.98. The van der Waals surface area contributed by atoms with Gasteiger partial charge in [-0.2, -0.15) is 0 Å². The van der Waals surface area contributed by atoms with Crippen LogP contribution in [0.5, 0.6) is 5.75 Å². The molecule has 1 saturated heterocycles. The van der Waals surface area contributed by atoms with Crippen LogP contribution in [0.2, 0.25) is 0 Å². The molecule has 0 atom stereocenters. The molecule has 0 bridgehead atoms. The highest BCUT2D eigenvalue weighted by Crippen LogP contribution is 2.20. The maximum Gasteiger partial charge on any atom is 0.191 e. The molecule has 0 aliphatic carbocycles. The SMILES string of the molecule is CCOc1ccccc1CN=C(N)N1CCN(c2nccs2)CC1. The average molecular weight is 345 g/mol. The molecule has 2 heterocycles. The predicted molar refractivity (Wildman–Crippen MR) is 98.8 cm³/mol. The van der Waals surface area contributed by atoms with Gasteiger partial charge >= 0.3 is 0 Å². The van der Waals surface area contributed by atoms with Crippen molar-refractivity contribution >= 4 is 22.4 Å².